The fraction of sp³-hybridized carbons (Fsp3) is 0.552. The lowest BCUT2D eigenvalue weighted by atomic mass is 9.86. The number of hydrogen-bond acceptors (Lipinski definition) is 21. The van der Waals surface area contributed by atoms with Crippen LogP contribution in [0.3, 0.4) is 0 Å². The lowest BCUT2D eigenvalue weighted by Gasteiger charge is -2.44. The van der Waals surface area contributed by atoms with E-state index in [0.717, 1.165) is 170 Å². The third-order valence-electron chi connectivity index (χ3n) is 22.8. The second kappa shape index (κ2) is 35.5. The van der Waals surface area contributed by atoms with Gasteiger partial charge in [-0.15, -0.1) is 45.3 Å². The van der Waals surface area contributed by atoms with Gasteiger partial charge in [-0.2, -0.15) is 0 Å². The van der Waals surface area contributed by atoms with E-state index in [-0.39, 0.29) is 23.8 Å². The Morgan fingerprint density at radius 2 is 0.694 bits per heavy atom. The average Bonchev–Trinajstić information content (AvgIpc) is 1.78. The Kier molecular flexibility index (Phi) is 25.1. The second-order valence-corrected chi connectivity index (χ2v) is 37.8. The van der Waals surface area contributed by atoms with Gasteiger partial charge in [0, 0.05) is 164 Å². The van der Waals surface area contributed by atoms with Gasteiger partial charge in [0.25, 0.3) is 0 Å². The summed E-state index contributed by atoms with van der Waals surface area (Å²) >= 11 is 6.79. The van der Waals surface area contributed by atoms with Gasteiger partial charge < -0.3 is 63.5 Å². The number of nitrogens with one attached hydrogen (secondary N) is 1. The molecule has 3 amide bonds. The molecule has 8 aromatic rings. The Balaban J connectivity index is 0.000000118. The van der Waals surface area contributed by atoms with Gasteiger partial charge in [0.05, 0.1) is 42.4 Å². The molecule has 3 saturated heterocycles. The summed E-state index contributed by atoms with van der Waals surface area (Å²) in [5.41, 5.74) is 8.05. The number of rotatable bonds is 13. The van der Waals surface area contributed by atoms with E-state index in [1.807, 2.05) is 69.9 Å². The summed E-state index contributed by atoms with van der Waals surface area (Å²) in [5.74, 6) is 3.29. The van der Waals surface area contributed by atoms with Gasteiger partial charge in [0.1, 0.15) is 72.5 Å². The topological polar surface area (TPSA) is 201 Å². The third kappa shape index (κ3) is 20.5. The first-order valence-corrected chi connectivity index (χ1v) is 44.1. The van der Waals surface area contributed by atoms with Gasteiger partial charge >= 0.3 is 12.2 Å². The van der Waals surface area contributed by atoms with E-state index < -0.39 is 11.2 Å². The Morgan fingerprint density at radius 1 is 0.396 bits per heavy atom. The average molecular weight is 1580 g/mol. The number of carbonyl (C=O) groups excluding carboxylic acids is 3. The number of phenolic OH excluding ortho intramolecular Hbond substituents is 1. The second-order valence-electron chi connectivity index (χ2n) is 33.5. The van der Waals surface area contributed by atoms with Crippen molar-refractivity contribution in [3.8, 4) is 65.3 Å². The molecule has 111 heavy (non-hydrogen) atoms. The van der Waals surface area contributed by atoms with Crippen molar-refractivity contribution >= 4 is 63.4 Å². The van der Waals surface area contributed by atoms with Crippen LogP contribution in [0.5, 0.6) is 23.0 Å². The summed E-state index contributed by atoms with van der Waals surface area (Å²) in [6.07, 6.45) is 23.3. The molecular weight excluding hydrogens is 1470 g/mol. The smallest absolute Gasteiger partial charge is 0.410 e. The third-order valence-corrected chi connectivity index (χ3v) is 27.3. The summed E-state index contributed by atoms with van der Waals surface area (Å²) in [5, 5.41) is 16.9. The fourth-order valence-corrected chi connectivity index (χ4v) is 20.8. The van der Waals surface area contributed by atoms with E-state index in [1.165, 1.54) is 131 Å². The minimum atomic E-state index is -0.484. The lowest BCUT2D eigenvalue weighted by molar-refractivity contribution is -0.129. The van der Waals surface area contributed by atoms with Gasteiger partial charge in [-0.1, -0.05) is 19.3 Å². The van der Waals surface area contributed by atoms with Crippen molar-refractivity contribution in [2.75, 3.05) is 65.4 Å². The number of carbonyl (C=O) groups is 3. The molecule has 0 radical (unpaired) electrons. The summed E-state index contributed by atoms with van der Waals surface area (Å²) < 4.78 is 29.6. The maximum absolute atomic E-state index is 12.4. The maximum Gasteiger partial charge on any atom is 0.410 e. The first-order chi connectivity index (χ1) is 53.7. The molecule has 7 aliphatic heterocycles. The number of aromatic nitrogens is 4. The van der Waals surface area contributed by atoms with Crippen LogP contribution in [-0.4, -0.2) is 186 Å². The first-order valence-electron chi connectivity index (χ1n) is 40.9. The standard InChI is InChI=1S/C26H35N3O3S.C23H29N3O2S.C21H27N3OS.C17H20N2O3S/c1-26(2,3)32-25(30)29-14-11-22-23(17-29)33-24(27-22)18-7-9-20(10-8-18)31-21-15-19(16-21)28-12-5-4-6-13-28;1-16(27)26-12-9-21-22(15-26)29-23(24-21)17-5-7-19(8-6-17)28-20-13-18(14-20)25-10-3-2-4-11-25;1-2-10-24(11-3-1)16-12-18(13-16)25-17-6-4-15(5-7-17)21-23-19-8-9-22-14-20(19)26-21;1-17(2,3)22-16(21)19-9-8-13-14(10-19)23-15(18-13)11-4-6-12(20)7-5-11/h7-10,19,21H,4-6,11-17H2,1-3H3;5-8,18,20H,2-4,9-15H2,1H3;4-7,16,18,22H,1-3,8-14H2;4-7,20H,8-10H2,1-3H3. The highest BCUT2D eigenvalue weighted by molar-refractivity contribution is 7.16. The van der Waals surface area contributed by atoms with Crippen molar-refractivity contribution in [3.63, 3.8) is 0 Å². The highest BCUT2D eigenvalue weighted by atomic mass is 32.1. The van der Waals surface area contributed by atoms with E-state index in [4.69, 9.17) is 38.6 Å². The molecule has 3 aliphatic carbocycles. The number of piperidine rings is 3. The Bertz CT molecular complexity index is 4390. The number of likely N-dealkylation sites (tertiary alicyclic amines) is 3. The molecule has 18 rings (SSSR count). The number of thiazole rings is 4. The summed E-state index contributed by atoms with van der Waals surface area (Å²) in [6.45, 7) is 26.5. The molecule has 24 heteroatoms. The molecule has 3 saturated carbocycles. The van der Waals surface area contributed by atoms with Crippen molar-refractivity contribution in [1.29, 1.82) is 0 Å². The van der Waals surface area contributed by atoms with Crippen molar-refractivity contribution in [2.45, 2.75) is 244 Å². The molecule has 0 unspecified atom stereocenters. The zero-order valence-corrected chi connectivity index (χ0v) is 69.1. The highest BCUT2D eigenvalue weighted by Gasteiger charge is 2.39. The molecule has 0 bridgehead atoms. The number of ether oxygens (including phenoxy) is 5. The SMILES string of the molecule is CC(=O)N1CCc2nc(-c3ccc(OC4CC(N5CCCCC5)C4)cc3)sc2C1.CC(C)(C)OC(=O)N1CCc2nc(-c3ccc(O)cc3)sc2C1.CC(C)(C)OC(=O)N1CCc2nc(-c3ccc(OC4CC(N5CCCCC5)C4)cc3)sc2C1.c1cc(-c2nc3c(s2)CNCC3)ccc1OC1CC(N2CCCCC2)C1. The fourth-order valence-electron chi connectivity index (χ4n) is 16.3. The number of hydrogen-bond donors (Lipinski definition) is 2. The largest absolute Gasteiger partial charge is 0.508 e. The monoisotopic (exact) mass is 1580 g/mol. The number of fused-ring (bicyclic) bond motifs is 4. The van der Waals surface area contributed by atoms with Crippen molar-refractivity contribution in [1.82, 2.24) is 54.7 Å². The van der Waals surface area contributed by atoms with Crippen LogP contribution in [0.25, 0.3) is 42.3 Å². The zero-order chi connectivity index (χ0) is 76.8. The molecule has 6 fully saturated rings. The van der Waals surface area contributed by atoms with E-state index in [0.29, 0.717) is 51.0 Å². The predicted molar refractivity (Wildman–Crippen MR) is 441 cm³/mol. The highest BCUT2D eigenvalue weighted by Crippen LogP contribution is 2.41. The normalized spacial score (nSPS) is 22.6. The van der Waals surface area contributed by atoms with Crippen molar-refractivity contribution in [3.05, 3.63) is 139 Å². The van der Waals surface area contributed by atoms with Crippen LogP contribution in [0, 0.1) is 0 Å². The van der Waals surface area contributed by atoms with Crippen molar-refractivity contribution < 1.29 is 43.2 Å². The molecule has 20 nitrogen and oxygen atoms in total. The van der Waals surface area contributed by atoms with Crippen LogP contribution in [0.15, 0.2) is 97.1 Å². The summed E-state index contributed by atoms with van der Waals surface area (Å²) in [7, 11) is 0. The predicted octanol–water partition coefficient (Wildman–Crippen LogP) is 17.3. The molecule has 11 heterocycles. The van der Waals surface area contributed by atoms with Crippen LogP contribution in [0.2, 0.25) is 0 Å². The van der Waals surface area contributed by atoms with Gasteiger partial charge in [-0.25, -0.2) is 29.5 Å². The molecule has 0 atom stereocenters. The van der Waals surface area contributed by atoms with Crippen LogP contribution in [-0.2, 0) is 66.1 Å². The number of nitrogens with zero attached hydrogens (tertiary/aromatic N) is 10. The Hall–Kier alpha value is -7.55. The van der Waals surface area contributed by atoms with E-state index in [9.17, 15) is 19.5 Å². The number of amides is 3. The first kappa shape index (κ1) is 78.7. The molecule has 4 aromatic heterocycles. The van der Waals surface area contributed by atoms with Gasteiger partial charge in [0.2, 0.25) is 5.91 Å². The molecule has 592 valence electrons. The van der Waals surface area contributed by atoms with E-state index in [2.05, 4.69) is 97.8 Å². The summed E-state index contributed by atoms with van der Waals surface area (Å²) in [6, 6.07) is 34.5. The van der Waals surface area contributed by atoms with Crippen LogP contribution < -0.4 is 19.5 Å². The number of phenols is 1. The van der Waals surface area contributed by atoms with Crippen LogP contribution >= 0.6 is 45.3 Å². The van der Waals surface area contributed by atoms with E-state index in [1.54, 1.807) is 62.9 Å². The van der Waals surface area contributed by atoms with Crippen LogP contribution in [0.4, 0.5) is 9.59 Å². The summed E-state index contributed by atoms with van der Waals surface area (Å²) in [4.78, 5) is 73.7. The molecular formula is C87H111N11O9S4. The van der Waals surface area contributed by atoms with Gasteiger partial charge in [-0.3, -0.25) is 4.79 Å². The van der Waals surface area contributed by atoms with Crippen LogP contribution in [0.1, 0.15) is 187 Å². The van der Waals surface area contributed by atoms with Crippen molar-refractivity contribution in [2.24, 2.45) is 0 Å². The molecule has 10 aliphatic rings. The Morgan fingerprint density at radius 3 is 1.01 bits per heavy atom. The zero-order valence-electron chi connectivity index (χ0n) is 65.9. The van der Waals surface area contributed by atoms with Gasteiger partial charge in [0.15, 0.2) is 0 Å². The lowest BCUT2D eigenvalue weighted by Crippen LogP contribution is -2.50. The minimum absolute atomic E-state index is 0.144. The van der Waals surface area contributed by atoms with E-state index >= 15 is 0 Å². The number of benzene rings is 4. The maximum atomic E-state index is 12.4. The molecule has 4 aromatic carbocycles. The molecule has 2 N–H and O–H groups in total. The minimum Gasteiger partial charge on any atom is -0.508 e. The number of aromatic hydroxyl groups is 1. The molecule has 0 spiro atoms. The van der Waals surface area contributed by atoms with Gasteiger partial charge in [-0.05, 0) is 216 Å². The Labute approximate surface area is 671 Å². The quantitative estimate of drug-likeness (QED) is 0.110.